The van der Waals surface area contributed by atoms with Crippen LogP contribution in [0.25, 0.3) is 32.7 Å². The minimum absolute atomic E-state index is 0.167. The lowest BCUT2D eigenvalue weighted by molar-refractivity contribution is 0.0697. The minimum Gasteiger partial charge on any atom is -0.478 e. The monoisotopic (exact) mass is 529 g/mol. The van der Waals surface area contributed by atoms with Crippen molar-refractivity contribution < 1.29 is 14.7 Å². The molecule has 0 fully saturated rings. The van der Waals surface area contributed by atoms with Crippen molar-refractivity contribution in [3.8, 4) is 11.1 Å². The van der Waals surface area contributed by atoms with Crippen LogP contribution in [0.15, 0.2) is 103 Å². The number of nitrogens with one attached hydrogen (secondary N) is 1. The van der Waals surface area contributed by atoms with Crippen LogP contribution in [0, 0.1) is 0 Å². The Morgan fingerprint density at radius 3 is 1.70 bits per heavy atom. The lowest BCUT2D eigenvalue weighted by atomic mass is 9.86. The van der Waals surface area contributed by atoms with Gasteiger partial charge >= 0.3 is 5.97 Å². The number of benzene rings is 5. The standard InChI is InChI=1S/C30H23NO3.CH2Cl2/c1-19(20-9-3-2-4-10-20)31-29(32)25-17-15-21-11-5-7-13-23(21)27(25)28-24-14-8-6-12-22(24)16-18-26(28)30(33)34;2-1-3/h2-19H,1H3,(H,31,32)(H,33,34);1H2/t19-;/m0./s1. The van der Waals surface area contributed by atoms with Crippen molar-refractivity contribution in [3.05, 3.63) is 120 Å². The Hall–Kier alpha value is -3.86. The molecule has 186 valence electrons. The molecule has 0 aliphatic carbocycles. The molecule has 0 aliphatic heterocycles. The zero-order chi connectivity index (χ0) is 26.4. The fourth-order valence-electron chi connectivity index (χ4n) is 4.55. The molecule has 5 aromatic carbocycles. The van der Waals surface area contributed by atoms with Crippen molar-refractivity contribution >= 4 is 56.6 Å². The molecule has 5 rings (SSSR count). The van der Waals surface area contributed by atoms with Crippen LogP contribution in [0.4, 0.5) is 0 Å². The summed E-state index contributed by atoms with van der Waals surface area (Å²) in [5.41, 5.74) is 2.79. The molecule has 37 heavy (non-hydrogen) atoms. The SMILES string of the molecule is C[C@H](NC(=O)c1ccc2ccccc2c1-c1c(C(=O)O)ccc2ccccc12)c1ccccc1.ClCCl. The Morgan fingerprint density at radius 2 is 1.16 bits per heavy atom. The summed E-state index contributed by atoms with van der Waals surface area (Å²) in [7, 11) is 0. The molecule has 0 saturated heterocycles. The first-order valence-corrected chi connectivity index (χ1v) is 12.8. The molecule has 5 aromatic rings. The van der Waals surface area contributed by atoms with Gasteiger partial charge in [-0.1, -0.05) is 91.0 Å². The van der Waals surface area contributed by atoms with Gasteiger partial charge in [-0.3, -0.25) is 4.79 Å². The number of carboxylic acid groups (broad SMARTS) is 1. The number of carbonyl (C=O) groups is 2. The van der Waals surface area contributed by atoms with Crippen molar-refractivity contribution in [1.29, 1.82) is 0 Å². The summed E-state index contributed by atoms with van der Waals surface area (Å²) in [6.45, 7) is 1.94. The molecule has 0 unspecified atom stereocenters. The van der Waals surface area contributed by atoms with E-state index in [0.717, 1.165) is 27.1 Å². The normalized spacial score (nSPS) is 11.4. The van der Waals surface area contributed by atoms with E-state index in [1.165, 1.54) is 0 Å². The van der Waals surface area contributed by atoms with Gasteiger partial charge in [0.15, 0.2) is 0 Å². The largest absolute Gasteiger partial charge is 0.478 e. The molecule has 0 heterocycles. The van der Waals surface area contributed by atoms with Gasteiger partial charge in [-0.25, -0.2) is 4.79 Å². The van der Waals surface area contributed by atoms with E-state index >= 15 is 0 Å². The number of carbonyl (C=O) groups excluding carboxylic acids is 1. The van der Waals surface area contributed by atoms with E-state index in [-0.39, 0.29) is 22.9 Å². The van der Waals surface area contributed by atoms with Crippen molar-refractivity contribution in [2.45, 2.75) is 13.0 Å². The molecule has 0 saturated carbocycles. The highest BCUT2D eigenvalue weighted by molar-refractivity contribution is 6.40. The molecule has 1 atom stereocenters. The van der Waals surface area contributed by atoms with Gasteiger partial charge in [0.25, 0.3) is 5.91 Å². The topological polar surface area (TPSA) is 66.4 Å². The Morgan fingerprint density at radius 1 is 0.703 bits per heavy atom. The van der Waals surface area contributed by atoms with Crippen molar-refractivity contribution in [1.82, 2.24) is 5.32 Å². The molecule has 0 aliphatic rings. The number of hydrogen-bond donors (Lipinski definition) is 2. The molecule has 0 aromatic heterocycles. The summed E-state index contributed by atoms with van der Waals surface area (Å²) < 4.78 is 0. The predicted molar refractivity (Wildman–Crippen MR) is 153 cm³/mol. The van der Waals surface area contributed by atoms with Crippen LogP contribution in [0.3, 0.4) is 0 Å². The molecule has 4 nitrogen and oxygen atoms in total. The maximum Gasteiger partial charge on any atom is 0.336 e. The molecule has 2 N–H and O–H groups in total. The van der Waals surface area contributed by atoms with Crippen LogP contribution in [0.2, 0.25) is 0 Å². The predicted octanol–water partition coefficient (Wildman–Crippen LogP) is 8.27. The van der Waals surface area contributed by atoms with Crippen LogP contribution in [0.5, 0.6) is 0 Å². The van der Waals surface area contributed by atoms with Crippen LogP contribution in [0.1, 0.15) is 39.2 Å². The number of alkyl halides is 2. The molecule has 6 heteroatoms. The number of rotatable bonds is 5. The number of amides is 1. The van der Waals surface area contributed by atoms with Gasteiger partial charge in [-0.05, 0) is 46.2 Å². The first kappa shape index (κ1) is 26.2. The van der Waals surface area contributed by atoms with E-state index < -0.39 is 5.97 Å². The van der Waals surface area contributed by atoms with Crippen LogP contribution >= 0.6 is 23.2 Å². The quantitative estimate of drug-likeness (QED) is 0.225. The first-order valence-electron chi connectivity index (χ1n) is 11.7. The number of fused-ring (bicyclic) bond motifs is 2. The van der Waals surface area contributed by atoms with Gasteiger partial charge in [0.1, 0.15) is 0 Å². The second-order valence-electron chi connectivity index (χ2n) is 8.43. The second-order valence-corrected chi connectivity index (χ2v) is 9.24. The van der Waals surface area contributed by atoms with Crippen molar-refractivity contribution in [2.75, 3.05) is 5.34 Å². The van der Waals surface area contributed by atoms with Gasteiger partial charge in [-0.15, -0.1) is 23.2 Å². The summed E-state index contributed by atoms with van der Waals surface area (Å²) in [6, 6.07) is 32.1. The second kappa shape index (κ2) is 11.9. The van der Waals surface area contributed by atoms with Gasteiger partial charge in [0.2, 0.25) is 0 Å². The molecule has 0 radical (unpaired) electrons. The average Bonchev–Trinajstić information content (AvgIpc) is 2.92. The van der Waals surface area contributed by atoms with Crippen LogP contribution < -0.4 is 5.32 Å². The molecular formula is C31H25Cl2NO3. The molecule has 1 amide bonds. The Bertz CT molecular complexity index is 1570. The van der Waals surface area contributed by atoms with Crippen molar-refractivity contribution in [2.24, 2.45) is 0 Å². The number of aromatic carboxylic acids is 1. The zero-order valence-corrected chi connectivity index (χ0v) is 21.6. The van der Waals surface area contributed by atoms with E-state index in [1.807, 2.05) is 97.9 Å². The maximum atomic E-state index is 13.6. The number of carboxylic acids is 1. The summed E-state index contributed by atoms with van der Waals surface area (Å²) in [5.74, 6) is -1.28. The Labute approximate surface area is 225 Å². The summed E-state index contributed by atoms with van der Waals surface area (Å²) >= 11 is 9.53. The van der Waals surface area contributed by atoms with E-state index in [4.69, 9.17) is 23.2 Å². The minimum atomic E-state index is -1.03. The van der Waals surface area contributed by atoms with E-state index in [1.54, 1.807) is 12.1 Å². The highest BCUT2D eigenvalue weighted by atomic mass is 35.5. The highest BCUT2D eigenvalue weighted by Crippen LogP contribution is 2.39. The smallest absolute Gasteiger partial charge is 0.336 e. The summed E-state index contributed by atoms with van der Waals surface area (Å²) in [4.78, 5) is 25.9. The van der Waals surface area contributed by atoms with Gasteiger partial charge in [0, 0.05) is 16.7 Å². The van der Waals surface area contributed by atoms with Gasteiger partial charge in [0.05, 0.1) is 16.9 Å². The molecule has 0 bridgehead atoms. The summed E-state index contributed by atoms with van der Waals surface area (Å²) in [6.07, 6.45) is 0. The maximum absolute atomic E-state index is 13.6. The lowest BCUT2D eigenvalue weighted by Gasteiger charge is -2.20. The third kappa shape index (κ3) is 5.61. The Kier molecular flexibility index (Phi) is 8.44. The Balaban J connectivity index is 0.00000102. The fraction of sp³-hybridized carbons (Fsp3) is 0.0968. The summed E-state index contributed by atoms with van der Waals surface area (Å²) in [5, 5.41) is 16.9. The first-order chi connectivity index (χ1) is 18.0. The van der Waals surface area contributed by atoms with Crippen LogP contribution in [-0.4, -0.2) is 22.3 Å². The average molecular weight is 530 g/mol. The third-order valence-corrected chi connectivity index (χ3v) is 6.23. The van der Waals surface area contributed by atoms with E-state index in [0.29, 0.717) is 16.7 Å². The third-order valence-electron chi connectivity index (χ3n) is 6.23. The van der Waals surface area contributed by atoms with Crippen molar-refractivity contribution in [3.63, 3.8) is 0 Å². The lowest BCUT2D eigenvalue weighted by Crippen LogP contribution is -2.27. The van der Waals surface area contributed by atoms with Crippen LogP contribution in [-0.2, 0) is 0 Å². The molecule has 0 spiro atoms. The van der Waals surface area contributed by atoms with Gasteiger partial charge in [-0.2, -0.15) is 0 Å². The number of hydrogen-bond acceptors (Lipinski definition) is 2. The molecular weight excluding hydrogens is 505 g/mol. The van der Waals surface area contributed by atoms with E-state index in [9.17, 15) is 14.7 Å². The zero-order valence-electron chi connectivity index (χ0n) is 20.1. The van der Waals surface area contributed by atoms with E-state index in [2.05, 4.69) is 5.32 Å². The fourth-order valence-corrected chi connectivity index (χ4v) is 4.55. The highest BCUT2D eigenvalue weighted by Gasteiger charge is 2.23. The number of halogens is 2. The van der Waals surface area contributed by atoms with Gasteiger partial charge < -0.3 is 10.4 Å².